The molecule has 2 unspecified atom stereocenters. The van der Waals surface area contributed by atoms with E-state index in [0.717, 1.165) is 25.7 Å². The number of imide groups is 1. The van der Waals surface area contributed by atoms with Crippen LogP contribution in [0.15, 0.2) is 24.3 Å². The predicted molar refractivity (Wildman–Crippen MR) is 72.6 cm³/mol. The van der Waals surface area contributed by atoms with E-state index in [1.54, 1.807) is 24.3 Å². The van der Waals surface area contributed by atoms with Crippen LogP contribution in [0.1, 0.15) is 25.7 Å². The minimum atomic E-state index is -0.334. The summed E-state index contributed by atoms with van der Waals surface area (Å²) in [5, 5.41) is 2.94. The number of hydrogen-bond acceptors (Lipinski definition) is 3. The zero-order chi connectivity index (χ0) is 13.4. The lowest BCUT2D eigenvalue weighted by molar-refractivity contribution is -0.124. The minimum absolute atomic E-state index is 0.00561. The van der Waals surface area contributed by atoms with E-state index in [0.29, 0.717) is 11.4 Å². The summed E-state index contributed by atoms with van der Waals surface area (Å²) in [6, 6.07) is 6.54. The Kier molecular flexibility index (Phi) is 2.89. The molecule has 0 aromatic heterocycles. The lowest BCUT2D eigenvalue weighted by atomic mass is 9.82. The highest BCUT2D eigenvalue weighted by molar-refractivity contribution is 6.17. The van der Waals surface area contributed by atoms with E-state index < -0.39 is 0 Å². The van der Waals surface area contributed by atoms with Gasteiger partial charge in [-0.3, -0.25) is 4.79 Å². The van der Waals surface area contributed by atoms with Crippen molar-refractivity contribution in [1.82, 2.24) is 5.32 Å². The Morgan fingerprint density at radius 3 is 2.79 bits per heavy atom. The summed E-state index contributed by atoms with van der Waals surface area (Å²) in [6.07, 6.45) is 3.87. The number of urea groups is 1. The molecule has 2 fully saturated rings. The Morgan fingerprint density at radius 2 is 2.00 bits per heavy atom. The summed E-state index contributed by atoms with van der Waals surface area (Å²) in [7, 11) is 0. The molecule has 3 rings (SSSR count). The number of nitrogens with two attached hydrogens (primary N) is 1. The number of carbonyl (C=O) groups is 2. The molecule has 1 aliphatic carbocycles. The monoisotopic (exact) mass is 259 g/mol. The zero-order valence-electron chi connectivity index (χ0n) is 10.6. The van der Waals surface area contributed by atoms with Crippen molar-refractivity contribution in [3.8, 4) is 0 Å². The Hall–Kier alpha value is -2.04. The van der Waals surface area contributed by atoms with Crippen molar-refractivity contribution in [2.75, 3.05) is 10.6 Å². The fraction of sp³-hybridized carbons (Fsp3) is 0.429. The Bertz CT molecular complexity index is 529. The molecule has 5 nitrogen and oxygen atoms in total. The average Bonchev–Trinajstić information content (AvgIpc) is 2.39. The second-order valence-corrected chi connectivity index (χ2v) is 5.22. The fourth-order valence-corrected chi connectivity index (χ4v) is 3.00. The number of fused-ring (bicyclic) bond motifs is 1. The van der Waals surface area contributed by atoms with Crippen LogP contribution in [0.4, 0.5) is 16.2 Å². The number of rotatable bonds is 1. The van der Waals surface area contributed by atoms with Crippen LogP contribution in [0.5, 0.6) is 0 Å². The first-order valence-corrected chi connectivity index (χ1v) is 6.67. The Balaban J connectivity index is 1.93. The summed E-state index contributed by atoms with van der Waals surface area (Å²) >= 11 is 0. The lowest BCUT2D eigenvalue weighted by Crippen LogP contribution is -2.61. The molecule has 19 heavy (non-hydrogen) atoms. The predicted octanol–water partition coefficient (Wildman–Crippen LogP) is 1.88. The standard InChI is InChI=1S/C14H17N3O2/c15-9-4-3-5-10(8-9)17-13(18)11-6-1-2-7-12(11)16-14(17)19/h3-5,8,11-12H,1-2,6-7,15H2,(H,16,19). The topological polar surface area (TPSA) is 75.4 Å². The quantitative estimate of drug-likeness (QED) is 0.756. The Morgan fingerprint density at radius 1 is 1.21 bits per heavy atom. The van der Waals surface area contributed by atoms with Crippen molar-refractivity contribution >= 4 is 23.3 Å². The maximum absolute atomic E-state index is 12.5. The van der Waals surface area contributed by atoms with E-state index in [1.807, 2.05) is 0 Å². The van der Waals surface area contributed by atoms with Crippen LogP contribution < -0.4 is 16.0 Å². The number of carbonyl (C=O) groups excluding carboxylic acids is 2. The van der Waals surface area contributed by atoms with Crippen molar-refractivity contribution in [1.29, 1.82) is 0 Å². The molecule has 1 aromatic rings. The van der Waals surface area contributed by atoms with Crippen LogP contribution >= 0.6 is 0 Å². The second kappa shape index (κ2) is 4.57. The van der Waals surface area contributed by atoms with Gasteiger partial charge in [0.2, 0.25) is 5.91 Å². The third-order valence-electron chi connectivity index (χ3n) is 3.94. The minimum Gasteiger partial charge on any atom is -0.399 e. The molecule has 0 spiro atoms. The van der Waals surface area contributed by atoms with Crippen LogP contribution in [-0.4, -0.2) is 18.0 Å². The van der Waals surface area contributed by atoms with E-state index >= 15 is 0 Å². The van der Waals surface area contributed by atoms with E-state index in [1.165, 1.54) is 4.90 Å². The van der Waals surface area contributed by atoms with E-state index in [2.05, 4.69) is 5.32 Å². The molecule has 1 aliphatic heterocycles. The van der Waals surface area contributed by atoms with Crippen molar-refractivity contribution in [3.05, 3.63) is 24.3 Å². The van der Waals surface area contributed by atoms with Gasteiger partial charge in [0.25, 0.3) is 0 Å². The second-order valence-electron chi connectivity index (χ2n) is 5.22. The van der Waals surface area contributed by atoms with Gasteiger partial charge in [-0.1, -0.05) is 18.9 Å². The first-order chi connectivity index (χ1) is 9.16. The number of benzene rings is 1. The molecule has 1 saturated carbocycles. The van der Waals surface area contributed by atoms with Gasteiger partial charge < -0.3 is 11.1 Å². The zero-order valence-corrected chi connectivity index (χ0v) is 10.6. The molecule has 0 bridgehead atoms. The van der Waals surface area contributed by atoms with Crippen LogP contribution in [-0.2, 0) is 4.79 Å². The van der Waals surface area contributed by atoms with Crippen LogP contribution in [0.25, 0.3) is 0 Å². The van der Waals surface area contributed by atoms with Crippen molar-refractivity contribution in [2.24, 2.45) is 5.92 Å². The number of amides is 3. The molecule has 100 valence electrons. The van der Waals surface area contributed by atoms with Gasteiger partial charge in [-0.2, -0.15) is 0 Å². The van der Waals surface area contributed by atoms with Crippen molar-refractivity contribution in [3.63, 3.8) is 0 Å². The molecule has 1 heterocycles. The molecule has 1 aromatic carbocycles. The summed E-state index contributed by atoms with van der Waals surface area (Å²) < 4.78 is 0. The number of nitrogen functional groups attached to an aromatic ring is 1. The van der Waals surface area contributed by atoms with Gasteiger partial charge >= 0.3 is 6.03 Å². The summed E-state index contributed by atoms with van der Waals surface area (Å²) in [6.45, 7) is 0. The molecule has 5 heteroatoms. The molecule has 0 radical (unpaired) electrons. The highest BCUT2D eigenvalue weighted by Crippen LogP contribution is 2.32. The number of hydrogen-bond donors (Lipinski definition) is 2. The molecular weight excluding hydrogens is 242 g/mol. The largest absolute Gasteiger partial charge is 0.399 e. The van der Waals surface area contributed by atoms with Gasteiger partial charge in [0.15, 0.2) is 0 Å². The van der Waals surface area contributed by atoms with Gasteiger partial charge in [0.05, 0.1) is 11.6 Å². The van der Waals surface area contributed by atoms with Crippen molar-refractivity contribution < 1.29 is 9.59 Å². The molecule has 2 atom stereocenters. The SMILES string of the molecule is Nc1cccc(N2C(=O)NC3CCCCC3C2=O)c1. The van der Waals surface area contributed by atoms with Gasteiger partial charge in [0.1, 0.15) is 0 Å². The normalized spacial score (nSPS) is 26.8. The van der Waals surface area contributed by atoms with Crippen molar-refractivity contribution in [2.45, 2.75) is 31.7 Å². The smallest absolute Gasteiger partial charge is 0.328 e. The van der Waals surface area contributed by atoms with E-state index in [4.69, 9.17) is 5.73 Å². The highest BCUT2D eigenvalue weighted by Gasteiger charge is 2.42. The molecule has 3 amide bonds. The summed E-state index contributed by atoms with van der Waals surface area (Å²) in [4.78, 5) is 25.9. The number of anilines is 2. The fourth-order valence-electron chi connectivity index (χ4n) is 3.00. The van der Waals surface area contributed by atoms with E-state index in [9.17, 15) is 9.59 Å². The number of nitrogens with zero attached hydrogens (tertiary/aromatic N) is 1. The summed E-state index contributed by atoms with van der Waals surface area (Å²) in [5.41, 5.74) is 6.81. The van der Waals surface area contributed by atoms with Gasteiger partial charge in [-0.15, -0.1) is 0 Å². The first kappa shape index (κ1) is 12.0. The third-order valence-corrected chi connectivity index (χ3v) is 3.94. The maximum atomic E-state index is 12.5. The molecule has 2 aliphatic rings. The molecule has 3 N–H and O–H groups in total. The van der Waals surface area contributed by atoms with Gasteiger partial charge in [-0.25, -0.2) is 9.69 Å². The van der Waals surface area contributed by atoms with Gasteiger partial charge in [0, 0.05) is 11.7 Å². The maximum Gasteiger partial charge on any atom is 0.328 e. The van der Waals surface area contributed by atoms with Crippen LogP contribution in [0, 0.1) is 5.92 Å². The average molecular weight is 259 g/mol. The summed E-state index contributed by atoms with van der Waals surface area (Å²) in [5.74, 6) is -0.188. The van der Waals surface area contributed by atoms with Crippen LogP contribution in [0.3, 0.4) is 0 Å². The van der Waals surface area contributed by atoms with Crippen LogP contribution in [0.2, 0.25) is 0 Å². The first-order valence-electron chi connectivity index (χ1n) is 6.67. The number of nitrogens with one attached hydrogen (secondary N) is 1. The lowest BCUT2D eigenvalue weighted by Gasteiger charge is -2.39. The van der Waals surface area contributed by atoms with E-state index in [-0.39, 0.29) is 23.9 Å². The van der Waals surface area contributed by atoms with Gasteiger partial charge in [-0.05, 0) is 31.0 Å². The molecular formula is C14H17N3O2. The molecule has 1 saturated heterocycles. The highest BCUT2D eigenvalue weighted by atomic mass is 16.2. The third kappa shape index (κ3) is 2.05. The Labute approximate surface area is 111 Å².